The Bertz CT molecular complexity index is 2170. The highest BCUT2D eigenvalue weighted by Gasteiger charge is 2.37. The molecule has 0 aliphatic carbocycles. The van der Waals surface area contributed by atoms with Gasteiger partial charge in [-0.05, 0) is 87.8 Å². The van der Waals surface area contributed by atoms with E-state index in [2.05, 4.69) is 32.1 Å². The lowest BCUT2D eigenvalue weighted by Crippen LogP contribution is -2.60. The number of nitrogens with one attached hydrogen (secondary N) is 6. The topological polar surface area (TPSA) is 248 Å². The van der Waals surface area contributed by atoms with E-state index in [4.69, 9.17) is 28.9 Å². The molecule has 0 spiro atoms. The Kier molecular flexibility index (Phi) is 17.5. The summed E-state index contributed by atoms with van der Waals surface area (Å²) in [5.74, 6) is -5.02. The van der Waals surface area contributed by atoms with Crippen LogP contribution in [0, 0.1) is 34.8 Å². The molecule has 0 saturated carbocycles. The van der Waals surface area contributed by atoms with Crippen LogP contribution in [0.25, 0.3) is 12.2 Å². The molecule has 4 aliphatic rings. The molecule has 336 valence electrons. The van der Waals surface area contributed by atoms with Gasteiger partial charge in [0.25, 0.3) is 11.8 Å². The average Bonchev–Trinajstić information content (AvgIpc) is 3.87. The third kappa shape index (κ3) is 13.5. The summed E-state index contributed by atoms with van der Waals surface area (Å²) in [6.45, 7) is 2.05. The van der Waals surface area contributed by atoms with E-state index in [1.165, 1.54) is 47.5 Å². The van der Waals surface area contributed by atoms with Gasteiger partial charge in [0.2, 0.25) is 29.5 Å². The third-order valence-electron chi connectivity index (χ3n) is 10.8. The smallest absolute Gasteiger partial charge is 0.261 e. The molecule has 4 saturated heterocycles. The van der Waals surface area contributed by atoms with Gasteiger partial charge < -0.3 is 27.0 Å². The van der Waals surface area contributed by atoms with Crippen LogP contribution in [0.15, 0.2) is 48.6 Å². The Hall–Kier alpha value is -5.94. The van der Waals surface area contributed by atoms with E-state index in [0.29, 0.717) is 64.7 Å². The number of rotatable bonds is 13. The summed E-state index contributed by atoms with van der Waals surface area (Å²) < 4.78 is 27.9. The molecule has 0 aromatic heterocycles. The van der Waals surface area contributed by atoms with Crippen molar-refractivity contribution in [1.29, 1.82) is 5.26 Å². The molecule has 2 aromatic rings. The van der Waals surface area contributed by atoms with Crippen molar-refractivity contribution in [3.63, 3.8) is 0 Å². The number of hydrogen-bond donors (Lipinski definition) is 7. The van der Waals surface area contributed by atoms with Gasteiger partial charge in [-0.1, -0.05) is 35.3 Å². The summed E-state index contributed by atoms with van der Waals surface area (Å²) >= 11 is 11.5. The van der Waals surface area contributed by atoms with Crippen LogP contribution < -0.4 is 37.9 Å². The molecule has 8 N–H and O–H groups in total. The Morgan fingerprint density at radius 3 is 1.62 bits per heavy atom. The zero-order chi connectivity index (χ0) is 45.6. The monoisotopic (exact) mass is 912 g/mol. The van der Waals surface area contributed by atoms with Crippen LogP contribution >= 0.6 is 23.2 Å². The second-order valence-electron chi connectivity index (χ2n) is 15.2. The third-order valence-corrected chi connectivity index (χ3v) is 11.3. The minimum absolute atomic E-state index is 0.0940. The van der Waals surface area contributed by atoms with E-state index in [0.717, 1.165) is 23.2 Å². The molecule has 6 atom stereocenters. The van der Waals surface area contributed by atoms with Crippen LogP contribution in [0.1, 0.15) is 62.5 Å². The van der Waals surface area contributed by atoms with E-state index >= 15 is 0 Å². The van der Waals surface area contributed by atoms with Gasteiger partial charge in [0.15, 0.2) is 0 Å². The van der Waals surface area contributed by atoms with Gasteiger partial charge in [-0.3, -0.25) is 43.6 Å². The van der Waals surface area contributed by atoms with Gasteiger partial charge in [0.05, 0.1) is 6.07 Å². The maximum atomic E-state index is 13.9. The molecule has 0 radical (unpaired) electrons. The molecule has 0 bridgehead atoms. The lowest BCUT2D eigenvalue weighted by molar-refractivity contribution is -0.143. The van der Waals surface area contributed by atoms with E-state index in [-0.39, 0.29) is 51.7 Å². The molecule has 7 amide bonds. The van der Waals surface area contributed by atoms with E-state index in [1.54, 1.807) is 0 Å². The Morgan fingerprint density at radius 1 is 0.746 bits per heavy atom. The zero-order valence-corrected chi connectivity index (χ0v) is 35.5. The zero-order valence-electron chi connectivity index (χ0n) is 34.0. The van der Waals surface area contributed by atoms with Gasteiger partial charge in [0.1, 0.15) is 35.8 Å². The summed E-state index contributed by atoms with van der Waals surface area (Å²) in [5.41, 5.74) is 11.6. The first-order valence-corrected chi connectivity index (χ1v) is 21.2. The number of nitrogens with zero attached hydrogens (tertiary/aromatic N) is 3. The van der Waals surface area contributed by atoms with Gasteiger partial charge >= 0.3 is 0 Å². The number of nitriles is 1. The Balaban J connectivity index is 0.000000238. The van der Waals surface area contributed by atoms with Crippen molar-refractivity contribution in [1.82, 2.24) is 42.1 Å². The number of hydrazine groups is 2. The second kappa shape index (κ2) is 22.9. The molecular formula is C42H48Cl2F2N10O7. The van der Waals surface area contributed by atoms with Crippen LogP contribution in [-0.4, -0.2) is 102 Å². The number of nitrogens with two attached hydrogens (primary N) is 1. The molecule has 2 aromatic carbocycles. The lowest BCUT2D eigenvalue weighted by atomic mass is 9.97. The van der Waals surface area contributed by atoms with E-state index < -0.39 is 71.3 Å². The quantitative estimate of drug-likeness (QED) is 0.144. The van der Waals surface area contributed by atoms with Crippen LogP contribution in [0.3, 0.4) is 0 Å². The molecule has 4 fully saturated rings. The van der Waals surface area contributed by atoms with E-state index in [9.17, 15) is 47.6 Å². The highest BCUT2D eigenvalue weighted by molar-refractivity contribution is 6.30. The number of carbonyl (C=O) groups excluding carboxylic acids is 7. The maximum Gasteiger partial charge on any atom is 0.261 e. The van der Waals surface area contributed by atoms with E-state index in [1.807, 2.05) is 6.07 Å². The van der Waals surface area contributed by atoms with Crippen molar-refractivity contribution in [3.05, 3.63) is 81.4 Å². The number of primary amides is 1. The van der Waals surface area contributed by atoms with Gasteiger partial charge in [-0.2, -0.15) is 5.26 Å². The summed E-state index contributed by atoms with van der Waals surface area (Å²) in [6, 6.07) is 6.61. The average molecular weight is 914 g/mol. The van der Waals surface area contributed by atoms with Crippen LogP contribution in [0.5, 0.6) is 0 Å². The summed E-state index contributed by atoms with van der Waals surface area (Å²) in [6.07, 6.45) is 8.50. The molecule has 17 nitrogen and oxygen atoms in total. The first-order chi connectivity index (χ1) is 30.1. The SMILES string of the molecule is N#C[C@H](C[C@@H]1CCNC1=O)NC(=O)[C@@H]1CCCNN1C(=O)/C=C/c1ccc(Cl)cc1F.NC(=O)[C@H](C[C@@H]1CCNC1=O)NC(=O)[C@@H]1CCCNN1C(=O)/C=C/c1ccc(Cl)cc1F. The molecule has 4 aliphatic heterocycles. The first-order valence-electron chi connectivity index (χ1n) is 20.4. The van der Waals surface area contributed by atoms with Crippen LogP contribution in [-0.2, 0) is 33.6 Å². The number of benzene rings is 2. The minimum Gasteiger partial charge on any atom is -0.368 e. The van der Waals surface area contributed by atoms with Crippen molar-refractivity contribution >= 4 is 76.7 Å². The molecule has 63 heavy (non-hydrogen) atoms. The first kappa shape index (κ1) is 48.1. The predicted octanol–water partition coefficient (Wildman–Crippen LogP) is 2.01. The number of halogens is 4. The normalized spacial score (nSPS) is 22.0. The van der Waals surface area contributed by atoms with Gasteiger partial charge in [-0.25, -0.2) is 19.6 Å². The molecule has 0 unspecified atom stereocenters. The van der Waals surface area contributed by atoms with Crippen molar-refractivity contribution in [3.8, 4) is 6.07 Å². The van der Waals surface area contributed by atoms with Crippen molar-refractivity contribution in [2.75, 3.05) is 26.2 Å². The number of hydrogen-bond acceptors (Lipinski definition) is 10. The van der Waals surface area contributed by atoms with Crippen molar-refractivity contribution in [2.45, 2.75) is 75.5 Å². The highest BCUT2D eigenvalue weighted by atomic mass is 35.5. The molecule has 21 heteroatoms. The minimum atomic E-state index is -1.03. The van der Waals surface area contributed by atoms with Crippen molar-refractivity contribution < 1.29 is 42.3 Å². The second-order valence-corrected chi connectivity index (χ2v) is 16.1. The molecule has 4 heterocycles. The largest absolute Gasteiger partial charge is 0.368 e. The fourth-order valence-electron chi connectivity index (χ4n) is 7.42. The number of carbonyl (C=O) groups is 7. The van der Waals surface area contributed by atoms with Crippen LogP contribution in [0.4, 0.5) is 8.78 Å². The lowest BCUT2D eigenvalue weighted by Gasteiger charge is -2.35. The summed E-state index contributed by atoms with van der Waals surface area (Å²) in [4.78, 5) is 86.5. The predicted molar refractivity (Wildman–Crippen MR) is 227 cm³/mol. The van der Waals surface area contributed by atoms with Crippen molar-refractivity contribution in [2.24, 2.45) is 17.6 Å². The van der Waals surface area contributed by atoms with Gasteiger partial charge in [0, 0.05) is 71.3 Å². The Morgan fingerprint density at radius 2 is 1.21 bits per heavy atom. The summed E-state index contributed by atoms with van der Waals surface area (Å²) in [7, 11) is 0. The summed E-state index contributed by atoms with van der Waals surface area (Å²) in [5, 5.41) is 22.8. The molecule has 6 rings (SSSR count). The fraction of sp³-hybridized carbons (Fsp3) is 0.429. The number of amides is 7. The maximum absolute atomic E-state index is 13.9. The fourth-order valence-corrected chi connectivity index (χ4v) is 7.74. The molecular weight excluding hydrogens is 865 g/mol. The standard InChI is InChI=1S/C21H25ClFN5O4.C21H23ClFN5O3/c22-14-5-3-12(15(23)11-14)4-6-18(29)28-17(2-1-8-26-28)21(32)27-16(19(24)30)10-13-7-9-25-20(13)31;22-15-5-3-13(17(23)11-15)4-6-19(29)28-18(2-1-8-26-28)21(31)27-16(12-24)10-14-7-9-25-20(14)30/h3-6,11,13,16-17,26H,1-2,7-10H2,(H2,24,30)(H,25,31)(H,27,32);3-6,11,14,16,18,26H,1-2,7-10H2,(H,25,30)(H,27,31)/b2*6-4+/t13-,16-,17-;14-,16-,18-/m00/s1. The highest BCUT2D eigenvalue weighted by Crippen LogP contribution is 2.21. The Labute approximate surface area is 372 Å². The van der Waals surface area contributed by atoms with Crippen LogP contribution in [0.2, 0.25) is 10.0 Å². The van der Waals surface area contributed by atoms with Gasteiger partial charge in [-0.15, -0.1) is 0 Å².